The summed E-state index contributed by atoms with van der Waals surface area (Å²) >= 11 is 6.69. The lowest BCUT2D eigenvalue weighted by Crippen LogP contribution is -2.28. The number of aromatic carboxylic acids is 1. The van der Waals surface area contributed by atoms with Crippen LogP contribution in [0.3, 0.4) is 0 Å². The molecular weight excluding hydrogens is 452 g/mol. The highest BCUT2D eigenvalue weighted by Gasteiger charge is 2.33. The zero-order chi connectivity index (χ0) is 22.9. The van der Waals surface area contributed by atoms with Gasteiger partial charge in [-0.2, -0.15) is 0 Å². The summed E-state index contributed by atoms with van der Waals surface area (Å²) in [7, 11) is 0. The van der Waals surface area contributed by atoms with Crippen molar-refractivity contribution in [1.82, 2.24) is 4.57 Å². The maximum atomic E-state index is 13.2. The van der Waals surface area contributed by atoms with Crippen molar-refractivity contribution in [3.63, 3.8) is 0 Å². The molecule has 7 heteroatoms. The Balaban J connectivity index is 1.49. The fourth-order valence-corrected chi connectivity index (χ4v) is 5.17. The van der Waals surface area contributed by atoms with Gasteiger partial charge in [-0.15, -0.1) is 0 Å². The quantitative estimate of drug-likeness (QED) is 0.319. The van der Waals surface area contributed by atoms with Crippen LogP contribution in [0, 0.1) is 0 Å². The van der Waals surface area contributed by atoms with Gasteiger partial charge in [0.2, 0.25) is 0 Å². The highest BCUT2D eigenvalue weighted by molar-refractivity contribution is 8.27. The van der Waals surface area contributed by atoms with E-state index in [2.05, 4.69) is 29.0 Å². The normalized spacial score (nSPS) is 15.0. The number of carboxylic acids is 1. The zero-order valence-electron chi connectivity index (χ0n) is 17.3. The Kier molecular flexibility index (Phi) is 5.58. The standard InChI is InChI=1S/C26H18N2O3S2/c29-24-23(33-26(32)28(24)20-12-10-18(11-13-20)25(30)31)14-19-16-27(15-17-6-2-1-3-7-17)22-9-5-4-8-21(19)22/h1-14,16H,15H2,(H,30,31)/p-1. The van der Waals surface area contributed by atoms with E-state index in [1.807, 2.05) is 42.5 Å². The highest BCUT2D eigenvalue weighted by atomic mass is 32.2. The third kappa shape index (κ3) is 4.08. The molecule has 0 spiro atoms. The van der Waals surface area contributed by atoms with Crippen molar-refractivity contribution in [2.45, 2.75) is 6.54 Å². The van der Waals surface area contributed by atoms with Crippen LogP contribution in [0.1, 0.15) is 21.5 Å². The third-order valence-corrected chi connectivity index (χ3v) is 6.76. The van der Waals surface area contributed by atoms with Gasteiger partial charge in [-0.25, -0.2) is 0 Å². The van der Waals surface area contributed by atoms with Gasteiger partial charge < -0.3 is 14.5 Å². The van der Waals surface area contributed by atoms with Crippen LogP contribution in [0.15, 0.2) is 90.0 Å². The fraction of sp³-hybridized carbons (Fsp3) is 0.0385. The van der Waals surface area contributed by atoms with Crippen molar-refractivity contribution in [1.29, 1.82) is 0 Å². The smallest absolute Gasteiger partial charge is 0.270 e. The molecule has 0 N–H and O–H groups in total. The van der Waals surface area contributed by atoms with Gasteiger partial charge in [0.25, 0.3) is 5.91 Å². The molecule has 0 unspecified atom stereocenters. The van der Waals surface area contributed by atoms with E-state index in [1.165, 1.54) is 34.4 Å². The third-order valence-electron chi connectivity index (χ3n) is 5.46. The number of rotatable bonds is 5. The van der Waals surface area contributed by atoms with Crippen molar-refractivity contribution in [2.24, 2.45) is 0 Å². The minimum Gasteiger partial charge on any atom is -0.545 e. The number of amides is 1. The van der Waals surface area contributed by atoms with Gasteiger partial charge in [0.1, 0.15) is 0 Å². The van der Waals surface area contributed by atoms with E-state index in [0.717, 1.165) is 23.0 Å². The number of nitrogens with zero attached hydrogens (tertiary/aromatic N) is 2. The number of hydrogen-bond donors (Lipinski definition) is 0. The van der Waals surface area contributed by atoms with Crippen LogP contribution < -0.4 is 10.0 Å². The molecule has 4 aromatic rings. The van der Waals surface area contributed by atoms with Crippen LogP contribution in [0.25, 0.3) is 17.0 Å². The molecule has 1 saturated heterocycles. The Morgan fingerprint density at radius 3 is 2.39 bits per heavy atom. The van der Waals surface area contributed by atoms with Gasteiger partial charge in [-0.1, -0.05) is 84.6 Å². The van der Waals surface area contributed by atoms with Gasteiger partial charge in [0.15, 0.2) is 4.32 Å². The number of benzene rings is 3. The summed E-state index contributed by atoms with van der Waals surface area (Å²) in [6.07, 6.45) is 3.93. The van der Waals surface area contributed by atoms with Crippen molar-refractivity contribution < 1.29 is 14.7 Å². The number of carboxylic acid groups (broad SMARTS) is 1. The first-order valence-electron chi connectivity index (χ1n) is 10.2. The largest absolute Gasteiger partial charge is 0.545 e. The molecule has 2 heterocycles. The van der Waals surface area contributed by atoms with Crippen LogP contribution in [-0.2, 0) is 11.3 Å². The molecule has 162 valence electrons. The summed E-state index contributed by atoms with van der Waals surface area (Å²) in [6.45, 7) is 0.723. The Bertz CT molecular complexity index is 1420. The minimum atomic E-state index is -1.27. The monoisotopic (exact) mass is 469 g/mol. The molecule has 1 aliphatic rings. The Morgan fingerprint density at radius 2 is 1.67 bits per heavy atom. The number of carbonyl (C=O) groups excluding carboxylic acids is 2. The molecule has 0 radical (unpaired) electrons. The van der Waals surface area contributed by atoms with Crippen LogP contribution in [-0.4, -0.2) is 20.8 Å². The second kappa shape index (κ2) is 8.69. The highest BCUT2D eigenvalue weighted by Crippen LogP contribution is 2.37. The summed E-state index contributed by atoms with van der Waals surface area (Å²) in [5, 5.41) is 12.1. The molecule has 1 fully saturated rings. The average molecular weight is 470 g/mol. The second-order valence-corrected chi connectivity index (χ2v) is 9.24. The number of para-hydroxylation sites is 1. The maximum absolute atomic E-state index is 13.2. The molecule has 0 bridgehead atoms. The molecule has 33 heavy (non-hydrogen) atoms. The van der Waals surface area contributed by atoms with Gasteiger partial charge in [0.05, 0.1) is 16.6 Å². The summed E-state index contributed by atoms with van der Waals surface area (Å²) in [5.74, 6) is -1.50. The molecule has 0 saturated carbocycles. The maximum Gasteiger partial charge on any atom is 0.270 e. The molecule has 1 aromatic heterocycles. The molecule has 0 aliphatic carbocycles. The van der Waals surface area contributed by atoms with Crippen molar-refractivity contribution in [3.05, 3.63) is 107 Å². The van der Waals surface area contributed by atoms with E-state index >= 15 is 0 Å². The molecule has 1 amide bonds. The molecule has 5 nitrogen and oxygen atoms in total. The number of thioether (sulfide) groups is 1. The first kappa shape index (κ1) is 21.2. The minimum absolute atomic E-state index is 0.0472. The van der Waals surface area contributed by atoms with Crippen molar-refractivity contribution >= 4 is 62.8 Å². The molecule has 3 aromatic carbocycles. The SMILES string of the molecule is O=C([O-])c1ccc(N2C(=O)C(=Cc3cn(Cc4ccccc4)c4ccccc34)SC2=S)cc1. The zero-order valence-corrected chi connectivity index (χ0v) is 18.9. The van der Waals surface area contributed by atoms with Gasteiger partial charge >= 0.3 is 0 Å². The first-order chi connectivity index (χ1) is 16.0. The van der Waals surface area contributed by atoms with E-state index < -0.39 is 5.97 Å². The van der Waals surface area contributed by atoms with Gasteiger partial charge in [-0.3, -0.25) is 9.69 Å². The lowest BCUT2D eigenvalue weighted by Gasteiger charge is -2.15. The predicted molar refractivity (Wildman–Crippen MR) is 134 cm³/mol. The number of anilines is 1. The Labute approximate surface area is 199 Å². The molecular formula is C26H17N2O3S2-. The average Bonchev–Trinajstić information content (AvgIpc) is 3.31. The number of fused-ring (bicyclic) bond motifs is 1. The lowest BCUT2D eigenvalue weighted by molar-refractivity contribution is -0.255. The van der Waals surface area contributed by atoms with Crippen LogP contribution >= 0.6 is 24.0 Å². The number of hydrogen-bond acceptors (Lipinski definition) is 5. The summed E-state index contributed by atoms with van der Waals surface area (Å²) in [4.78, 5) is 26.1. The topological polar surface area (TPSA) is 65.4 Å². The molecule has 0 atom stereocenters. The molecule has 1 aliphatic heterocycles. The van der Waals surface area contributed by atoms with Gasteiger partial charge in [-0.05, 0) is 35.4 Å². The summed E-state index contributed by atoms with van der Waals surface area (Å²) in [5.41, 5.74) is 3.79. The lowest BCUT2D eigenvalue weighted by atomic mass is 10.1. The Morgan fingerprint density at radius 1 is 0.970 bits per heavy atom. The first-order valence-corrected chi connectivity index (χ1v) is 11.4. The van der Waals surface area contributed by atoms with E-state index in [0.29, 0.717) is 14.9 Å². The van der Waals surface area contributed by atoms with Crippen LogP contribution in [0.4, 0.5) is 5.69 Å². The van der Waals surface area contributed by atoms with Crippen LogP contribution in [0.5, 0.6) is 0 Å². The van der Waals surface area contributed by atoms with E-state index in [9.17, 15) is 14.7 Å². The Hall–Kier alpha value is -3.68. The summed E-state index contributed by atoms with van der Waals surface area (Å²) in [6, 6.07) is 24.2. The number of thiocarbonyl (C=S) groups is 1. The number of carbonyl (C=O) groups is 2. The molecule has 5 rings (SSSR count). The van der Waals surface area contributed by atoms with Crippen LogP contribution in [0.2, 0.25) is 0 Å². The van der Waals surface area contributed by atoms with Crippen molar-refractivity contribution in [2.75, 3.05) is 4.90 Å². The summed E-state index contributed by atoms with van der Waals surface area (Å²) < 4.78 is 2.58. The van der Waals surface area contributed by atoms with E-state index in [-0.39, 0.29) is 11.5 Å². The van der Waals surface area contributed by atoms with Gasteiger partial charge in [0, 0.05) is 29.2 Å². The fourth-order valence-electron chi connectivity index (χ4n) is 3.88. The predicted octanol–water partition coefficient (Wildman–Crippen LogP) is 4.46. The van der Waals surface area contributed by atoms with E-state index in [1.54, 1.807) is 12.1 Å². The second-order valence-electron chi connectivity index (χ2n) is 7.57. The van der Waals surface area contributed by atoms with Crippen molar-refractivity contribution in [3.8, 4) is 0 Å². The number of aromatic nitrogens is 1. The van der Waals surface area contributed by atoms with E-state index in [4.69, 9.17) is 12.2 Å².